The summed E-state index contributed by atoms with van der Waals surface area (Å²) in [5, 5.41) is -0.0625. The number of nitrogens with one attached hydrogen (secondary N) is 1. The maximum atomic E-state index is 14.3. The van der Waals surface area contributed by atoms with Crippen molar-refractivity contribution in [2.75, 3.05) is 20.7 Å². The van der Waals surface area contributed by atoms with Gasteiger partial charge in [-0.2, -0.15) is 12.7 Å². The van der Waals surface area contributed by atoms with Crippen molar-refractivity contribution in [3.05, 3.63) is 46.6 Å². The molecule has 13 heteroatoms. The summed E-state index contributed by atoms with van der Waals surface area (Å²) in [4.78, 5) is 15.8. The summed E-state index contributed by atoms with van der Waals surface area (Å²) in [7, 11) is -1.90. The van der Waals surface area contributed by atoms with Gasteiger partial charge in [0.1, 0.15) is 28.9 Å². The number of nitrogens with zero attached hydrogens (tertiary/aromatic N) is 2. The summed E-state index contributed by atoms with van der Waals surface area (Å²) in [6.45, 7) is 2.29. The lowest BCUT2D eigenvalue weighted by atomic mass is 10.2. The van der Waals surface area contributed by atoms with Crippen LogP contribution in [0.25, 0.3) is 0 Å². The van der Waals surface area contributed by atoms with Crippen LogP contribution in [0.1, 0.15) is 24.2 Å². The lowest BCUT2D eigenvalue weighted by molar-refractivity contribution is 0.0975. The van der Waals surface area contributed by atoms with E-state index in [1.54, 1.807) is 4.72 Å². The van der Waals surface area contributed by atoms with Crippen molar-refractivity contribution >= 4 is 27.7 Å². The zero-order chi connectivity index (χ0) is 23.6. The molecule has 2 aromatic rings. The summed E-state index contributed by atoms with van der Waals surface area (Å²) < 4.78 is 78.1. The number of amides is 1. The van der Waals surface area contributed by atoms with Crippen LogP contribution in [0.2, 0.25) is 5.02 Å². The van der Waals surface area contributed by atoms with E-state index in [0.29, 0.717) is 16.4 Å². The first-order chi connectivity index (χ1) is 14.2. The van der Waals surface area contributed by atoms with Crippen molar-refractivity contribution in [3.8, 4) is 17.4 Å². The van der Waals surface area contributed by atoms with Crippen LogP contribution < -0.4 is 14.2 Å². The van der Waals surface area contributed by atoms with Crippen molar-refractivity contribution in [3.63, 3.8) is 0 Å². The van der Waals surface area contributed by atoms with Gasteiger partial charge in [0.25, 0.3) is 5.91 Å². The molecule has 0 aliphatic rings. The Balaban J connectivity index is 2.21. The average molecular weight is 482 g/mol. The molecular formula is C18H19ClF3N3O5S. The first-order valence-electron chi connectivity index (χ1n) is 8.58. The number of rotatable bonds is 8. The molecule has 0 fully saturated rings. The van der Waals surface area contributed by atoms with Gasteiger partial charge in [0.05, 0.1) is 11.8 Å². The van der Waals surface area contributed by atoms with Crippen LogP contribution in [0.3, 0.4) is 0 Å². The molecule has 1 aromatic carbocycles. The van der Waals surface area contributed by atoms with E-state index < -0.39 is 44.7 Å². The van der Waals surface area contributed by atoms with Crippen LogP contribution in [-0.2, 0) is 10.2 Å². The quantitative estimate of drug-likeness (QED) is 0.620. The van der Waals surface area contributed by atoms with Gasteiger partial charge in [-0.05, 0) is 19.9 Å². The van der Waals surface area contributed by atoms with E-state index in [0.717, 1.165) is 20.3 Å². The Kier molecular flexibility index (Phi) is 7.40. The predicted octanol–water partition coefficient (Wildman–Crippen LogP) is 3.47. The first kappa shape index (κ1) is 24.7. The van der Waals surface area contributed by atoms with E-state index in [2.05, 4.69) is 4.98 Å². The highest BCUT2D eigenvalue weighted by molar-refractivity contribution is 7.87. The summed E-state index contributed by atoms with van der Waals surface area (Å²) in [6, 6.07) is 2.24. The van der Waals surface area contributed by atoms with Crippen LogP contribution in [0.4, 0.5) is 13.2 Å². The van der Waals surface area contributed by atoms with E-state index in [1.165, 1.54) is 19.9 Å². The summed E-state index contributed by atoms with van der Waals surface area (Å²) >= 11 is 5.98. The summed E-state index contributed by atoms with van der Waals surface area (Å²) in [5.74, 6) is -4.53. The first-order valence-corrected chi connectivity index (χ1v) is 10.4. The zero-order valence-electron chi connectivity index (χ0n) is 16.9. The third-order valence-corrected chi connectivity index (χ3v) is 5.21. The summed E-state index contributed by atoms with van der Waals surface area (Å²) in [6.07, 6.45) is 1.09. The highest BCUT2D eigenvalue weighted by Gasteiger charge is 2.23. The van der Waals surface area contributed by atoms with Crippen LogP contribution in [0.5, 0.6) is 17.4 Å². The Hall–Kier alpha value is -2.57. The molecule has 0 bridgehead atoms. The number of pyridine rings is 1. The van der Waals surface area contributed by atoms with Gasteiger partial charge in [0, 0.05) is 26.2 Å². The maximum Gasteiger partial charge on any atom is 0.303 e. The van der Waals surface area contributed by atoms with E-state index >= 15 is 0 Å². The molecule has 0 aliphatic heterocycles. The van der Waals surface area contributed by atoms with Gasteiger partial charge >= 0.3 is 10.2 Å². The second-order valence-corrected chi connectivity index (χ2v) is 9.34. The van der Waals surface area contributed by atoms with Gasteiger partial charge in [-0.3, -0.25) is 4.79 Å². The zero-order valence-corrected chi connectivity index (χ0v) is 18.4. The normalized spacial score (nSPS) is 12.0. The van der Waals surface area contributed by atoms with Gasteiger partial charge in [0.15, 0.2) is 11.6 Å². The number of hydrogen-bond donors (Lipinski definition) is 1. The van der Waals surface area contributed by atoms with Crippen LogP contribution in [-0.4, -0.2) is 50.0 Å². The Morgan fingerprint density at radius 2 is 1.87 bits per heavy atom. The van der Waals surface area contributed by atoms with Gasteiger partial charge in [-0.1, -0.05) is 11.6 Å². The minimum Gasteiger partial charge on any atom is -0.473 e. The number of hydrogen-bond acceptors (Lipinski definition) is 6. The minimum atomic E-state index is -4.20. The number of carbonyl (C=O) groups excluding carboxylic acids is 1. The third-order valence-electron chi connectivity index (χ3n) is 3.53. The Bertz CT molecular complexity index is 1090. The second kappa shape index (κ2) is 9.28. The Morgan fingerprint density at radius 3 is 2.42 bits per heavy atom. The van der Waals surface area contributed by atoms with Crippen LogP contribution in [0.15, 0.2) is 24.4 Å². The fraction of sp³-hybridized carbons (Fsp3) is 0.333. The predicted molar refractivity (Wildman–Crippen MR) is 106 cm³/mol. The molecule has 0 saturated carbocycles. The smallest absolute Gasteiger partial charge is 0.303 e. The molecule has 0 unspecified atom stereocenters. The summed E-state index contributed by atoms with van der Waals surface area (Å²) in [5.41, 5.74) is -2.47. The number of benzene rings is 1. The average Bonchev–Trinajstić information content (AvgIpc) is 2.62. The number of halogens is 4. The number of aromatic nitrogens is 1. The molecule has 0 atom stereocenters. The van der Waals surface area contributed by atoms with Crippen molar-refractivity contribution < 1.29 is 35.9 Å². The molecule has 1 N–H and O–H groups in total. The van der Waals surface area contributed by atoms with Crippen LogP contribution >= 0.6 is 11.6 Å². The molecule has 170 valence electrons. The van der Waals surface area contributed by atoms with Crippen molar-refractivity contribution in [1.82, 2.24) is 14.0 Å². The molecule has 1 amide bonds. The lowest BCUT2D eigenvalue weighted by Crippen LogP contribution is -2.39. The standard InChI is InChI=1S/C18H19ClF3N3O5S/c1-18(2,22)9-29-17-12(19)5-10(8-23-17)30-15-7-13(20)11(6-14(15)21)16(26)24-31(27,28)25(3)4/h5-8H,9H2,1-4H3,(H,24,26). The molecule has 0 spiro atoms. The molecule has 31 heavy (non-hydrogen) atoms. The third kappa shape index (κ3) is 6.71. The van der Waals surface area contributed by atoms with E-state index in [-0.39, 0.29) is 23.3 Å². The molecule has 0 radical (unpaired) electrons. The second-order valence-electron chi connectivity index (χ2n) is 7.05. The van der Waals surface area contributed by atoms with Gasteiger partial charge in [-0.15, -0.1) is 0 Å². The highest BCUT2D eigenvalue weighted by atomic mass is 35.5. The molecule has 1 heterocycles. The maximum absolute atomic E-state index is 14.3. The van der Waals surface area contributed by atoms with E-state index in [9.17, 15) is 26.4 Å². The largest absolute Gasteiger partial charge is 0.473 e. The van der Waals surface area contributed by atoms with E-state index in [1.807, 2.05) is 0 Å². The molecule has 2 rings (SSSR count). The Morgan fingerprint density at radius 1 is 1.23 bits per heavy atom. The Labute approximate surface area is 182 Å². The van der Waals surface area contributed by atoms with E-state index in [4.69, 9.17) is 21.1 Å². The fourth-order valence-corrected chi connectivity index (χ4v) is 2.72. The SMILES string of the molecule is CN(C)S(=O)(=O)NC(=O)c1cc(F)c(Oc2cnc(OCC(C)(C)F)c(Cl)c2)cc1F. The minimum absolute atomic E-state index is 0.0625. The monoisotopic (exact) mass is 481 g/mol. The molecule has 1 aromatic heterocycles. The molecule has 0 saturated heterocycles. The molecule has 0 aliphatic carbocycles. The fourth-order valence-electron chi connectivity index (χ4n) is 1.98. The van der Waals surface area contributed by atoms with Gasteiger partial charge in [0.2, 0.25) is 5.88 Å². The molecule has 8 nitrogen and oxygen atoms in total. The van der Waals surface area contributed by atoms with Crippen LogP contribution in [0, 0.1) is 11.6 Å². The van der Waals surface area contributed by atoms with Crippen molar-refractivity contribution in [2.45, 2.75) is 19.5 Å². The number of alkyl halides is 1. The van der Waals surface area contributed by atoms with Crippen molar-refractivity contribution in [1.29, 1.82) is 0 Å². The lowest BCUT2D eigenvalue weighted by Gasteiger charge is -2.16. The number of carbonyl (C=O) groups is 1. The van der Waals surface area contributed by atoms with Gasteiger partial charge in [-0.25, -0.2) is 22.9 Å². The highest BCUT2D eigenvalue weighted by Crippen LogP contribution is 2.31. The molecular weight excluding hydrogens is 463 g/mol. The number of ether oxygens (including phenoxy) is 2. The van der Waals surface area contributed by atoms with Crippen molar-refractivity contribution in [2.24, 2.45) is 0 Å². The van der Waals surface area contributed by atoms with Gasteiger partial charge < -0.3 is 9.47 Å². The topological polar surface area (TPSA) is 97.8 Å².